The van der Waals surface area contributed by atoms with Crippen molar-refractivity contribution in [3.8, 4) is 5.75 Å². The number of amides is 6. The van der Waals surface area contributed by atoms with Gasteiger partial charge in [0.15, 0.2) is 5.82 Å². The van der Waals surface area contributed by atoms with E-state index in [4.69, 9.17) is 14.5 Å². The van der Waals surface area contributed by atoms with E-state index in [1.54, 1.807) is 55.6 Å². The minimum absolute atomic E-state index is 0. The second-order valence-electron chi connectivity index (χ2n) is 16.8. The summed E-state index contributed by atoms with van der Waals surface area (Å²) in [4.78, 5) is 91.0. The molecule has 1 saturated heterocycles. The number of methoxy groups -OCH3 is 1. The topological polar surface area (TPSA) is 204 Å². The standard InChI is InChI=1S/C49H58BrN9O8.ClH/c1-4-38-49(65)57(2)40-28-53-42(55-45(40)58(38)29-31-13-17-34(50)18-14-31)27-32-15-16-33(26-41(32)66-3)46(62)52-23-25-67-24-22-51-21-8-6-5-7-12-43(60)54-37-11-9-10-35-36(37)30-59(48(35)64)39-19-20-44(61)56-47(39)63;/h9-11,13-18,26,28,38-39,51H,4-8,12,19-25,27,29-30H2,1-3H3,(H,52,62)(H,54,60)(H,56,61,63);1H/t38-,39?;/m1./s1. The molecule has 0 bridgehead atoms. The number of carbonyl (C=O) groups excluding carboxylic acids is 6. The number of piperidine rings is 1. The van der Waals surface area contributed by atoms with Gasteiger partial charge < -0.3 is 40.1 Å². The molecule has 0 aliphatic carbocycles. The van der Waals surface area contributed by atoms with Gasteiger partial charge in [-0.15, -0.1) is 12.4 Å². The van der Waals surface area contributed by atoms with Crippen LogP contribution >= 0.6 is 28.3 Å². The molecule has 2 atom stereocenters. The molecule has 4 aromatic rings. The molecule has 1 unspecified atom stereocenters. The Morgan fingerprint density at radius 3 is 2.50 bits per heavy atom. The molecule has 17 nitrogen and oxygen atoms in total. The Morgan fingerprint density at radius 1 is 0.956 bits per heavy atom. The highest BCUT2D eigenvalue weighted by atomic mass is 79.9. The zero-order valence-corrected chi connectivity index (χ0v) is 41.0. The van der Waals surface area contributed by atoms with Crippen molar-refractivity contribution in [2.24, 2.45) is 0 Å². The number of nitrogens with one attached hydrogen (secondary N) is 4. The summed E-state index contributed by atoms with van der Waals surface area (Å²) in [5.41, 5.74) is 4.70. The van der Waals surface area contributed by atoms with Gasteiger partial charge in [-0.05, 0) is 74.2 Å². The van der Waals surface area contributed by atoms with Gasteiger partial charge in [0.2, 0.25) is 23.6 Å². The van der Waals surface area contributed by atoms with Gasteiger partial charge in [-0.25, -0.2) is 9.97 Å². The van der Waals surface area contributed by atoms with Gasteiger partial charge in [0.1, 0.15) is 29.3 Å². The first kappa shape index (κ1) is 51.4. The molecule has 0 spiro atoms. The molecule has 7 rings (SSSR count). The monoisotopic (exact) mass is 1020 g/mol. The SMILES string of the molecule is CC[C@@H]1C(=O)N(C)c2cnc(Cc3ccc(C(=O)NCCOCCNCCCCCCC(=O)Nc4cccc5c4CN(C4CCC(=O)NC4=O)C5=O)cc3OC)nc2N1Cc1ccc(Br)cc1.Cl. The molecular formula is C49H59BrClN9O8. The number of rotatable bonds is 22. The summed E-state index contributed by atoms with van der Waals surface area (Å²) in [7, 11) is 3.32. The van der Waals surface area contributed by atoms with Crippen LogP contribution in [0.25, 0.3) is 0 Å². The maximum absolute atomic E-state index is 13.3. The van der Waals surface area contributed by atoms with Crippen LogP contribution in [0.3, 0.4) is 0 Å². The molecule has 1 aromatic heterocycles. The van der Waals surface area contributed by atoms with Crippen molar-refractivity contribution in [2.45, 2.75) is 89.9 Å². The molecule has 362 valence electrons. The summed E-state index contributed by atoms with van der Waals surface area (Å²) in [6, 6.07) is 17.5. The van der Waals surface area contributed by atoms with E-state index in [0.717, 1.165) is 47.8 Å². The number of imide groups is 1. The lowest BCUT2D eigenvalue weighted by Gasteiger charge is -2.40. The molecule has 4 N–H and O–H groups in total. The molecule has 3 aliphatic heterocycles. The van der Waals surface area contributed by atoms with Gasteiger partial charge >= 0.3 is 0 Å². The van der Waals surface area contributed by atoms with Gasteiger partial charge in [-0.3, -0.25) is 34.1 Å². The molecule has 68 heavy (non-hydrogen) atoms. The lowest BCUT2D eigenvalue weighted by Crippen LogP contribution is -2.52. The van der Waals surface area contributed by atoms with Crippen molar-refractivity contribution in [2.75, 3.05) is 62.1 Å². The fourth-order valence-electron chi connectivity index (χ4n) is 8.64. The number of ether oxygens (including phenoxy) is 2. The van der Waals surface area contributed by atoms with Crippen LogP contribution in [0, 0.1) is 0 Å². The Labute approximate surface area is 411 Å². The zero-order valence-electron chi connectivity index (χ0n) is 38.6. The molecular weight excluding hydrogens is 958 g/mol. The number of benzene rings is 3. The minimum Gasteiger partial charge on any atom is -0.496 e. The summed E-state index contributed by atoms with van der Waals surface area (Å²) in [5.74, 6) is 0.355. The number of anilines is 3. The smallest absolute Gasteiger partial charge is 0.255 e. The first-order chi connectivity index (χ1) is 32.4. The Kier molecular flexibility index (Phi) is 18.4. The van der Waals surface area contributed by atoms with Crippen LogP contribution in [0.4, 0.5) is 17.2 Å². The van der Waals surface area contributed by atoms with Crippen LogP contribution in [-0.2, 0) is 43.4 Å². The lowest BCUT2D eigenvalue weighted by atomic mass is 10.0. The quantitative estimate of drug-likeness (QED) is 0.0553. The molecule has 3 aliphatic rings. The summed E-state index contributed by atoms with van der Waals surface area (Å²) in [6.07, 6.45) is 7.04. The van der Waals surface area contributed by atoms with Crippen LogP contribution in [-0.4, -0.2) is 109 Å². The molecule has 0 saturated carbocycles. The first-order valence-electron chi connectivity index (χ1n) is 22.9. The largest absolute Gasteiger partial charge is 0.496 e. The summed E-state index contributed by atoms with van der Waals surface area (Å²) in [5, 5.41) is 11.5. The number of likely N-dealkylation sites (N-methyl/N-ethyl adjacent to an activating group) is 1. The van der Waals surface area contributed by atoms with E-state index in [0.29, 0.717) is 97.6 Å². The predicted molar refractivity (Wildman–Crippen MR) is 263 cm³/mol. The normalized spacial score (nSPS) is 16.5. The highest BCUT2D eigenvalue weighted by molar-refractivity contribution is 9.10. The number of unbranched alkanes of at least 4 members (excludes halogenated alkanes) is 3. The number of carbonyl (C=O) groups is 6. The third kappa shape index (κ3) is 12.6. The van der Waals surface area contributed by atoms with Gasteiger partial charge in [0.05, 0.1) is 26.5 Å². The average molecular weight is 1020 g/mol. The van der Waals surface area contributed by atoms with Gasteiger partial charge in [0, 0.05) is 84.9 Å². The highest BCUT2D eigenvalue weighted by Gasteiger charge is 2.40. The van der Waals surface area contributed by atoms with E-state index in [1.807, 2.05) is 37.3 Å². The van der Waals surface area contributed by atoms with E-state index >= 15 is 0 Å². The summed E-state index contributed by atoms with van der Waals surface area (Å²) < 4.78 is 12.4. The summed E-state index contributed by atoms with van der Waals surface area (Å²) in [6.45, 7) is 5.41. The van der Waals surface area contributed by atoms with E-state index in [-0.39, 0.29) is 67.4 Å². The van der Waals surface area contributed by atoms with Crippen LogP contribution in [0.5, 0.6) is 5.75 Å². The molecule has 0 radical (unpaired) electrons. The van der Waals surface area contributed by atoms with Crippen LogP contribution in [0.15, 0.2) is 71.3 Å². The van der Waals surface area contributed by atoms with Crippen molar-refractivity contribution in [3.05, 3.63) is 105 Å². The van der Waals surface area contributed by atoms with Gasteiger partial charge in [-0.1, -0.05) is 60.0 Å². The number of hydrogen-bond donors (Lipinski definition) is 4. The van der Waals surface area contributed by atoms with E-state index in [2.05, 4.69) is 47.1 Å². The van der Waals surface area contributed by atoms with Gasteiger partial charge in [-0.2, -0.15) is 0 Å². The highest BCUT2D eigenvalue weighted by Crippen LogP contribution is 2.36. The van der Waals surface area contributed by atoms with Crippen LogP contribution < -0.4 is 35.8 Å². The molecule has 19 heteroatoms. The molecule has 4 heterocycles. The maximum atomic E-state index is 13.3. The molecule has 6 amide bonds. The number of aromatic nitrogens is 2. The predicted octanol–water partition coefficient (Wildman–Crippen LogP) is 5.71. The van der Waals surface area contributed by atoms with Crippen molar-refractivity contribution in [3.63, 3.8) is 0 Å². The van der Waals surface area contributed by atoms with E-state index in [1.165, 1.54) is 4.90 Å². The molecule has 3 aromatic carbocycles. The number of halogens is 2. The van der Waals surface area contributed by atoms with Crippen LogP contribution in [0.1, 0.15) is 102 Å². The van der Waals surface area contributed by atoms with Gasteiger partial charge in [0.25, 0.3) is 11.8 Å². The minimum atomic E-state index is -0.710. The Balaban J connectivity index is 0.00000761. The average Bonchev–Trinajstić information content (AvgIpc) is 3.66. The zero-order chi connectivity index (χ0) is 47.5. The second kappa shape index (κ2) is 24.4. The second-order valence-corrected chi connectivity index (χ2v) is 17.8. The fraction of sp³-hybridized carbons (Fsp3) is 0.429. The van der Waals surface area contributed by atoms with E-state index < -0.39 is 11.9 Å². The van der Waals surface area contributed by atoms with E-state index in [9.17, 15) is 28.8 Å². The third-order valence-electron chi connectivity index (χ3n) is 12.3. The van der Waals surface area contributed by atoms with Crippen molar-refractivity contribution < 1.29 is 38.2 Å². The summed E-state index contributed by atoms with van der Waals surface area (Å²) >= 11 is 3.50. The first-order valence-corrected chi connectivity index (χ1v) is 23.7. The molecule has 1 fully saturated rings. The van der Waals surface area contributed by atoms with Crippen molar-refractivity contribution in [1.29, 1.82) is 0 Å². The van der Waals surface area contributed by atoms with Crippen LogP contribution in [0.2, 0.25) is 0 Å². The Hall–Kier alpha value is -5.95. The number of hydrogen-bond acceptors (Lipinski definition) is 12. The number of fused-ring (bicyclic) bond motifs is 2. The number of nitrogens with zero attached hydrogens (tertiary/aromatic N) is 5. The lowest BCUT2D eigenvalue weighted by molar-refractivity contribution is -0.137. The Morgan fingerprint density at radius 2 is 1.74 bits per heavy atom. The fourth-order valence-corrected chi connectivity index (χ4v) is 8.91. The maximum Gasteiger partial charge on any atom is 0.255 e. The third-order valence-corrected chi connectivity index (χ3v) is 12.8. The van der Waals surface area contributed by atoms with Crippen molar-refractivity contribution in [1.82, 2.24) is 30.8 Å². The van der Waals surface area contributed by atoms with Crippen molar-refractivity contribution >= 4 is 81.0 Å². The Bertz CT molecular complexity index is 2480.